The normalized spacial score (nSPS) is 10.6. The molecule has 1 aromatic heterocycles. The molecule has 0 amide bonds. The van der Waals surface area contributed by atoms with Gasteiger partial charge in [-0.1, -0.05) is 12.2 Å². The van der Waals surface area contributed by atoms with Crippen LogP contribution in [0.3, 0.4) is 0 Å². The van der Waals surface area contributed by atoms with Crippen LogP contribution < -0.4 is 10.5 Å². The summed E-state index contributed by atoms with van der Waals surface area (Å²) in [5.74, 6) is 0.0148. The van der Waals surface area contributed by atoms with Crippen molar-refractivity contribution in [2.45, 2.75) is 6.42 Å². The van der Waals surface area contributed by atoms with Crippen LogP contribution >= 0.6 is 0 Å². The highest BCUT2D eigenvalue weighted by Gasteiger charge is 2.15. The van der Waals surface area contributed by atoms with Crippen molar-refractivity contribution < 1.29 is 9.66 Å². The third-order valence-electron chi connectivity index (χ3n) is 1.89. The molecule has 1 heterocycles. The number of rotatable bonds is 5. The minimum atomic E-state index is -0.522. The van der Waals surface area contributed by atoms with Gasteiger partial charge < -0.3 is 10.5 Å². The van der Waals surface area contributed by atoms with Gasteiger partial charge in [-0.15, -0.1) is 0 Å². The molecule has 0 radical (unpaired) electrons. The van der Waals surface area contributed by atoms with Crippen LogP contribution in [0.1, 0.15) is 12.0 Å². The standard InChI is InChI=1S/C10H13N3O3/c1-16-10-9(13(14)15)6-8(7-12-10)4-2-3-5-11/h2,4,6-7H,3,5,11H2,1H3. The summed E-state index contributed by atoms with van der Waals surface area (Å²) < 4.78 is 4.79. The van der Waals surface area contributed by atoms with E-state index in [0.717, 1.165) is 6.42 Å². The van der Waals surface area contributed by atoms with Crippen molar-refractivity contribution in [2.75, 3.05) is 13.7 Å². The fraction of sp³-hybridized carbons (Fsp3) is 0.300. The van der Waals surface area contributed by atoms with Crippen molar-refractivity contribution in [1.82, 2.24) is 4.98 Å². The maximum Gasteiger partial charge on any atom is 0.331 e. The molecule has 0 aliphatic carbocycles. The minimum absolute atomic E-state index is 0.0148. The Kier molecular flexibility index (Phi) is 4.41. The third kappa shape index (κ3) is 3.03. The van der Waals surface area contributed by atoms with Crippen molar-refractivity contribution in [3.05, 3.63) is 34.0 Å². The largest absolute Gasteiger partial charge is 0.476 e. The van der Waals surface area contributed by atoms with Crippen LogP contribution in [0, 0.1) is 10.1 Å². The Morgan fingerprint density at radius 2 is 2.44 bits per heavy atom. The van der Waals surface area contributed by atoms with Gasteiger partial charge in [0.25, 0.3) is 5.88 Å². The summed E-state index contributed by atoms with van der Waals surface area (Å²) in [4.78, 5) is 14.0. The summed E-state index contributed by atoms with van der Waals surface area (Å²) in [6.07, 6.45) is 5.82. The molecule has 6 nitrogen and oxygen atoms in total. The minimum Gasteiger partial charge on any atom is -0.476 e. The molecule has 16 heavy (non-hydrogen) atoms. The summed E-state index contributed by atoms with van der Waals surface area (Å²) in [5, 5.41) is 10.7. The number of nitrogens with zero attached hydrogens (tertiary/aromatic N) is 2. The molecular weight excluding hydrogens is 210 g/mol. The molecule has 0 unspecified atom stereocenters. The van der Waals surface area contributed by atoms with E-state index in [1.165, 1.54) is 19.4 Å². The smallest absolute Gasteiger partial charge is 0.331 e. The molecule has 86 valence electrons. The molecule has 0 aromatic carbocycles. The van der Waals surface area contributed by atoms with E-state index in [1.807, 2.05) is 6.08 Å². The number of aromatic nitrogens is 1. The first kappa shape index (κ1) is 12.1. The first-order valence-corrected chi connectivity index (χ1v) is 4.74. The Bertz CT molecular complexity index is 404. The summed E-state index contributed by atoms with van der Waals surface area (Å²) >= 11 is 0. The molecule has 0 spiro atoms. The molecule has 2 N–H and O–H groups in total. The van der Waals surface area contributed by atoms with Gasteiger partial charge in [-0.2, -0.15) is 0 Å². The summed E-state index contributed by atoms with van der Waals surface area (Å²) in [6.45, 7) is 0.544. The van der Waals surface area contributed by atoms with Crippen LogP contribution in [-0.4, -0.2) is 23.6 Å². The highest BCUT2D eigenvalue weighted by Crippen LogP contribution is 2.24. The Balaban J connectivity index is 2.98. The van der Waals surface area contributed by atoms with E-state index < -0.39 is 4.92 Å². The molecule has 1 aromatic rings. The van der Waals surface area contributed by atoms with E-state index in [9.17, 15) is 10.1 Å². The lowest BCUT2D eigenvalue weighted by molar-refractivity contribution is -0.386. The molecule has 0 fully saturated rings. The molecular formula is C10H13N3O3. The molecule has 0 saturated carbocycles. The Labute approximate surface area is 92.9 Å². The van der Waals surface area contributed by atoms with E-state index in [0.29, 0.717) is 12.1 Å². The Hall–Kier alpha value is -1.95. The molecule has 0 saturated heterocycles. The third-order valence-corrected chi connectivity index (χ3v) is 1.89. The van der Waals surface area contributed by atoms with Gasteiger partial charge in [-0.25, -0.2) is 4.98 Å². The van der Waals surface area contributed by atoms with Gasteiger partial charge in [-0.3, -0.25) is 10.1 Å². The molecule has 0 bridgehead atoms. The van der Waals surface area contributed by atoms with Gasteiger partial charge in [0.05, 0.1) is 12.0 Å². The van der Waals surface area contributed by atoms with Gasteiger partial charge in [-0.05, 0) is 18.5 Å². The number of hydrogen-bond donors (Lipinski definition) is 1. The van der Waals surface area contributed by atoms with Crippen molar-refractivity contribution in [2.24, 2.45) is 5.73 Å². The maximum atomic E-state index is 10.7. The zero-order valence-corrected chi connectivity index (χ0v) is 8.92. The van der Waals surface area contributed by atoms with Crippen molar-refractivity contribution in [1.29, 1.82) is 0 Å². The maximum absolute atomic E-state index is 10.7. The molecule has 1 rings (SSSR count). The lowest BCUT2D eigenvalue weighted by Gasteiger charge is -2.00. The van der Waals surface area contributed by atoms with Crippen molar-refractivity contribution in [3.63, 3.8) is 0 Å². The molecule has 0 aliphatic rings. The predicted molar refractivity (Wildman–Crippen MR) is 60.1 cm³/mol. The molecule has 0 atom stereocenters. The summed E-state index contributed by atoms with van der Waals surface area (Å²) in [7, 11) is 1.35. The van der Waals surface area contributed by atoms with E-state index in [1.54, 1.807) is 6.08 Å². The number of hydrogen-bond acceptors (Lipinski definition) is 5. The zero-order valence-electron chi connectivity index (χ0n) is 8.92. The first-order valence-electron chi connectivity index (χ1n) is 4.74. The summed E-state index contributed by atoms with van der Waals surface area (Å²) in [5.41, 5.74) is 5.83. The Morgan fingerprint density at radius 3 is 3.00 bits per heavy atom. The first-order chi connectivity index (χ1) is 7.69. The zero-order chi connectivity index (χ0) is 12.0. The van der Waals surface area contributed by atoms with Crippen LogP contribution in [0.25, 0.3) is 6.08 Å². The van der Waals surface area contributed by atoms with E-state index >= 15 is 0 Å². The SMILES string of the molecule is COc1ncc(C=CCCN)cc1[N+](=O)[O-]. The fourth-order valence-corrected chi connectivity index (χ4v) is 1.15. The Morgan fingerprint density at radius 1 is 1.69 bits per heavy atom. The van der Waals surface area contributed by atoms with Gasteiger partial charge >= 0.3 is 5.69 Å². The van der Waals surface area contributed by atoms with Crippen LogP contribution in [0.5, 0.6) is 5.88 Å². The number of nitro groups is 1. The topological polar surface area (TPSA) is 91.3 Å². The van der Waals surface area contributed by atoms with Crippen LogP contribution in [0.2, 0.25) is 0 Å². The van der Waals surface area contributed by atoms with E-state index in [-0.39, 0.29) is 11.6 Å². The number of nitrogens with two attached hydrogens (primary N) is 1. The second kappa shape index (κ2) is 5.82. The van der Waals surface area contributed by atoms with Crippen molar-refractivity contribution in [3.8, 4) is 5.88 Å². The van der Waals surface area contributed by atoms with Gasteiger partial charge in [0.15, 0.2) is 0 Å². The highest BCUT2D eigenvalue weighted by atomic mass is 16.6. The molecule has 0 aliphatic heterocycles. The van der Waals surface area contributed by atoms with Crippen molar-refractivity contribution >= 4 is 11.8 Å². The van der Waals surface area contributed by atoms with Gasteiger partial charge in [0.1, 0.15) is 0 Å². The van der Waals surface area contributed by atoms with Crippen LogP contribution in [-0.2, 0) is 0 Å². The van der Waals surface area contributed by atoms with E-state index in [2.05, 4.69) is 4.98 Å². The van der Waals surface area contributed by atoms with Gasteiger partial charge in [0, 0.05) is 12.3 Å². The van der Waals surface area contributed by atoms with Crippen LogP contribution in [0.15, 0.2) is 18.3 Å². The molecule has 6 heteroatoms. The fourth-order valence-electron chi connectivity index (χ4n) is 1.15. The number of pyridine rings is 1. The lowest BCUT2D eigenvalue weighted by atomic mass is 10.2. The van der Waals surface area contributed by atoms with E-state index in [4.69, 9.17) is 10.5 Å². The number of methoxy groups -OCH3 is 1. The highest BCUT2D eigenvalue weighted by molar-refractivity contribution is 5.55. The van der Waals surface area contributed by atoms with Crippen LogP contribution in [0.4, 0.5) is 5.69 Å². The predicted octanol–water partition coefficient (Wildman–Crippen LogP) is 1.36. The average Bonchev–Trinajstić information content (AvgIpc) is 2.29. The second-order valence-corrected chi connectivity index (χ2v) is 3.03. The second-order valence-electron chi connectivity index (χ2n) is 3.03. The quantitative estimate of drug-likeness (QED) is 0.601. The number of ether oxygens (including phenoxy) is 1. The summed E-state index contributed by atoms with van der Waals surface area (Å²) in [6, 6.07) is 1.42. The average molecular weight is 223 g/mol. The lowest BCUT2D eigenvalue weighted by Crippen LogP contribution is -1.97. The van der Waals surface area contributed by atoms with Gasteiger partial charge in [0.2, 0.25) is 0 Å². The monoisotopic (exact) mass is 223 g/mol.